The van der Waals surface area contributed by atoms with Crippen LogP contribution in [0.3, 0.4) is 0 Å². The highest BCUT2D eigenvalue weighted by molar-refractivity contribution is 6.92. The molecule has 3 aromatic rings. The first-order valence-corrected chi connectivity index (χ1v) is 16.5. The van der Waals surface area contributed by atoms with Gasteiger partial charge in [0.25, 0.3) is 0 Å². The summed E-state index contributed by atoms with van der Waals surface area (Å²) in [5.41, 5.74) is 6.05. The van der Waals surface area contributed by atoms with Gasteiger partial charge in [0.2, 0.25) is 0 Å². The minimum atomic E-state index is -1.44. The maximum atomic E-state index is 5.12. The summed E-state index contributed by atoms with van der Waals surface area (Å²) in [4.78, 5) is 5.12. The molecule has 0 bridgehead atoms. The standard InChI is InChI=1S/C23H31NSi2/c1-16-11-17(2)13-18(12-16)21-10-9-20-22(24-21)14-19(25(3,4)5)15-23(20)26(6,7)8/h9-15H,1-8H3. The molecule has 1 nitrogen and oxygen atoms in total. The molecule has 1 aromatic heterocycles. The van der Waals surface area contributed by atoms with Gasteiger partial charge in [-0.2, -0.15) is 0 Å². The van der Waals surface area contributed by atoms with Gasteiger partial charge in [0.1, 0.15) is 0 Å². The fraction of sp³-hybridized carbons (Fsp3) is 0.348. The van der Waals surface area contributed by atoms with E-state index in [9.17, 15) is 0 Å². The summed E-state index contributed by atoms with van der Waals surface area (Å²) in [5.74, 6) is 0. The van der Waals surface area contributed by atoms with Crippen LogP contribution in [0.2, 0.25) is 39.3 Å². The van der Waals surface area contributed by atoms with Crippen LogP contribution in [0, 0.1) is 13.8 Å². The number of rotatable bonds is 3. The van der Waals surface area contributed by atoms with Crippen molar-refractivity contribution in [1.29, 1.82) is 0 Å². The molecule has 0 N–H and O–H groups in total. The number of fused-ring (bicyclic) bond motifs is 1. The summed E-state index contributed by atoms with van der Waals surface area (Å²) in [6.45, 7) is 18.9. The molecule has 0 radical (unpaired) electrons. The quantitative estimate of drug-likeness (QED) is 0.541. The van der Waals surface area contributed by atoms with Crippen molar-refractivity contribution in [2.75, 3.05) is 0 Å². The number of pyridine rings is 1. The topological polar surface area (TPSA) is 12.9 Å². The SMILES string of the molecule is Cc1cc(C)cc(-c2ccc3c([Si](C)(C)C)cc([Si](C)(C)C)cc3n2)c1. The van der Waals surface area contributed by atoms with Crippen molar-refractivity contribution in [3.05, 3.63) is 53.6 Å². The van der Waals surface area contributed by atoms with Crippen LogP contribution in [-0.2, 0) is 0 Å². The zero-order valence-electron chi connectivity index (χ0n) is 17.5. The summed E-state index contributed by atoms with van der Waals surface area (Å²) in [5, 5.41) is 4.42. The van der Waals surface area contributed by atoms with Gasteiger partial charge in [0.15, 0.2) is 0 Å². The number of hydrogen-bond acceptors (Lipinski definition) is 1. The van der Waals surface area contributed by atoms with E-state index in [4.69, 9.17) is 4.98 Å². The summed E-state index contributed by atoms with van der Waals surface area (Å²) in [6.07, 6.45) is 0. The maximum Gasteiger partial charge on any atom is 0.0784 e. The van der Waals surface area contributed by atoms with E-state index in [1.54, 1.807) is 5.19 Å². The van der Waals surface area contributed by atoms with Crippen molar-refractivity contribution in [1.82, 2.24) is 4.98 Å². The second kappa shape index (κ2) is 6.47. The summed E-state index contributed by atoms with van der Waals surface area (Å²) in [6, 6.07) is 16.1. The fourth-order valence-electron chi connectivity index (χ4n) is 3.57. The third kappa shape index (κ3) is 3.84. The first-order chi connectivity index (χ1) is 11.9. The Hall–Kier alpha value is -1.72. The van der Waals surface area contributed by atoms with Crippen molar-refractivity contribution in [3.63, 3.8) is 0 Å². The molecule has 2 aromatic carbocycles. The molecule has 0 saturated heterocycles. The van der Waals surface area contributed by atoms with E-state index in [1.807, 2.05) is 0 Å². The van der Waals surface area contributed by atoms with Crippen LogP contribution >= 0.6 is 0 Å². The zero-order valence-corrected chi connectivity index (χ0v) is 19.5. The lowest BCUT2D eigenvalue weighted by Gasteiger charge is -2.24. The van der Waals surface area contributed by atoms with Crippen molar-refractivity contribution in [2.24, 2.45) is 0 Å². The Morgan fingerprint density at radius 3 is 1.85 bits per heavy atom. The third-order valence-corrected chi connectivity index (χ3v) is 9.05. The van der Waals surface area contributed by atoms with Crippen molar-refractivity contribution >= 4 is 37.4 Å². The van der Waals surface area contributed by atoms with Crippen LogP contribution in [-0.4, -0.2) is 21.1 Å². The molecule has 0 unspecified atom stereocenters. The molecule has 0 saturated carbocycles. The highest BCUT2D eigenvalue weighted by atomic mass is 28.3. The van der Waals surface area contributed by atoms with Crippen LogP contribution in [0.4, 0.5) is 0 Å². The Balaban J connectivity index is 2.29. The minimum absolute atomic E-state index is 1.08. The van der Waals surface area contributed by atoms with E-state index in [1.165, 1.54) is 32.8 Å². The first-order valence-electron chi connectivity index (χ1n) is 9.49. The van der Waals surface area contributed by atoms with E-state index in [-0.39, 0.29) is 0 Å². The molecule has 3 heteroatoms. The molecule has 0 aliphatic carbocycles. The molecule has 3 rings (SSSR count). The maximum absolute atomic E-state index is 5.12. The van der Waals surface area contributed by atoms with Gasteiger partial charge in [-0.25, -0.2) is 4.98 Å². The largest absolute Gasteiger partial charge is 0.248 e. The number of benzene rings is 2. The predicted octanol–water partition coefficient (Wildman–Crippen LogP) is 5.61. The summed E-state index contributed by atoms with van der Waals surface area (Å²) < 4.78 is 0. The van der Waals surface area contributed by atoms with Gasteiger partial charge < -0.3 is 0 Å². The molecular formula is C23H31NSi2. The Bertz CT molecular complexity index is 956. The Labute approximate surface area is 160 Å². The molecule has 1 heterocycles. The smallest absolute Gasteiger partial charge is 0.0784 e. The van der Waals surface area contributed by atoms with E-state index in [0.29, 0.717) is 0 Å². The summed E-state index contributed by atoms with van der Waals surface area (Å²) >= 11 is 0. The van der Waals surface area contributed by atoms with E-state index in [0.717, 1.165) is 5.69 Å². The average molecular weight is 378 g/mol. The normalized spacial score (nSPS) is 12.6. The van der Waals surface area contributed by atoms with Gasteiger partial charge in [0.05, 0.1) is 27.4 Å². The zero-order chi connectivity index (χ0) is 19.3. The van der Waals surface area contributed by atoms with Crippen LogP contribution in [0.1, 0.15) is 11.1 Å². The predicted molar refractivity (Wildman–Crippen MR) is 123 cm³/mol. The lowest BCUT2D eigenvalue weighted by atomic mass is 10.0. The molecular weight excluding hydrogens is 346 g/mol. The number of aromatic nitrogens is 1. The number of aryl methyl sites for hydroxylation is 2. The molecule has 0 aliphatic rings. The first kappa shape index (κ1) is 19.1. The van der Waals surface area contributed by atoms with Gasteiger partial charge in [-0.15, -0.1) is 0 Å². The van der Waals surface area contributed by atoms with Crippen molar-refractivity contribution in [3.8, 4) is 11.3 Å². The minimum Gasteiger partial charge on any atom is -0.248 e. The van der Waals surface area contributed by atoms with E-state index < -0.39 is 16.1 Å². The van der Waals surface area contributed by atoms with Crippen molar-refractivity contribution in [2.45, 2.75) is 53.1 Å². The van der Waals surface area contributed by atoms with Crippen LogP contribution in [0.25, 0.3) is 22.2 Å². The lowest BCUT2D eigenvalue weighted by Crippen LogP contribution is -2.45. The molecule has 136 valence electrons. The van der Waals surface area contributed by atoms with Crippen LogP contribution < -0.4 is 10.4 Å². The molecule has 0 atom stereocenters. The second-order valence-electron chi connectivity index (χ2n) is 9.66. The number of hydrogen-bond donors (Lipinski definition) is 0. The Morgan fingerprint density at radius 2 is 1.31 bits per heavy atom. The second-order valence-corrected chi connectivity index (χ2v) is 19.8. The summed E-state index contributed by atoms with van der Waals surface area (Å²) in [7, 11) is -2.83. The lowest BCUT2D eigenvalue weighted by molar-refractivity contribution is 1.34. The van der Waals surface area contributed by atoms with Gasteiger partial charge in [-0.3, -0.25) is 0 Å². The highest BCUT2D eigenvalue weighted by Gasteiger charge is 2.24. The van der Waals surface area contributed by atoms with Gasteiger partial charge >= 0.3 is 0 Å². The van der Waals surface area contributed by atoms with Gasteiger partial charge in [-0.1, -0.05) is 79.0 Å². The molecule has 0 spiro atoms. The molecule has 26 heavy (non-hydrogen) atoms. The van der Waals surface area contributed by atoms with E-state index in [2.05, 4.69) is 95.6 Å². The third-order valence-electron chi connectivity index (χ3n) is 5.00. The van der Waals surface area contributed by atoms with Crippen molar-refractivity contribution < 1.29 is 0 Å². The van der Waals surface area contributed by atoms with Crippen LogP contribution in [0.5, 0.6) is 0 Å². The van der Waals surface area contributed by atoms with E-state index >= 15 is 0 Å². The fourth-order valence-corrected chi connectivity index (χ4v) is 6.47. The molecule has 0 aliphatic heterocycles. The Kier molecular flexibility index (Phi) is 4.74. The molecule has 0 amide bonds. The molecule has 0 fully saturated rings. The monoisotopic (exact) mass is 377 g/mol. The van der Waals surface area contributed by atoms with Crippen LogP contribution in [0.15, 0.2) is 42.5 Å². The van der Waals surface area contributed by atoms with Gasteiger partial charge in [0, 0.05) is 5.56 Å². The highest BCUT2D eigenvalue weighted by Crippen LogP contribution is 2.24. The number of nitrogens with zero attached hydrogens (tertiary/aromatic N) is 1. The Morgan fingerprint density at radius 1 is 0.692 bits per heavy atom. The average Bonchev–Trinajstić information content (AvgIpc) is 2.50. The van der Waals surface area contributed by atoms with Gasteiger partial charge in [-0.05, 0) is 43.5 Å².